The van der Waals surface area contributed by atoms with Crippen LogP contribution in [0.5, 0.6) is 0 Å². The molecule has 0 bridgehead atoms. The van der Waals surface area contributed by atoms with Crippen LogP contribution >= 0.6 is 0 Å². The molecule has 1 saturated heterocycles. The maximum Gasteiger partial charge on any atom is 0.254 e. The fourth-order valence-electron chi connectivity index (χ4n) is 3.22. The zero-order valence-electron chi connectivity index (χ0n) is 14.7. The topological polar surface area (TPSA) is 69.7 Å². The number of amides is 1. The number of rotatable bonds is 7. The monoisotopic (exact) mass is 353 g/mol. The number of benzene rings is 1. The molecule has 0 radical (unpaired) electrons. The number of carbonyl (C=O) groups is 1. The van der Waals surface area contributed by atoms with E-state index in [1.165, 1.54) is 10.4 Å². The summed E-state index contributed by atoms with van der Waals surface area (Å²) in [6.07, 6.45) is 1.96. The fourth-order valence-corrected chi connectivity index (χ4v) is 4.72. The first-order chi connectivity index (χ1) is 11.5. The Kier molecular flexibility index (Phi) is 6.37. The van der Waals surface area contributed by atoms with Gasteiger partial charge in [-0.15, -0.1) is 0 Å². The molecule has 0 saturated carbocycles. The van der Waals surface area contributed by atoms with Crippen molar-refractivity contribution >= 4 is 15.9 Å². The second-order valence-electron chi connectivity index (χ2n) is 5.97. The highest BCUT2D eigenvalue weighted by Gasteiger charge is 2.30. The minimum Gasteiger partial charge on any atom is -0.334 e. The Morgan fingerprint density at radius 3 is 2.67 bits per heavy atom. The predicted octanol–water partition coefficient (Wildman–Crippen LogP) is 1.54. The summed E-state index contributed by atoms with van der Waals surface area (Å²) in [5.41, 5.74) is 0.436. The summed E-state index contributed by atoms with van der Waals surface area (Å²) in [5, 5.41) is 3.12. The van der Waals surface area contributed by atoms with Crippen molar-refractivity contribution in [3.8, 4) is 0 Å². The van der Waals surface area contributed by atoms with E-state index in [2.05, 4.69) is 5.32 Å². The summed E-state index contributed by atoms with van der Waals surface area (Å²) in [5.74, 6) is -0.0932. The Morgan fingerprint density at radius 2 is 2.04 bits per heavy atom. The molecule has 6 nitrogen and oxygen atoms in total. The summed E-state index contributed by atoms with van der Waals surface area (Å²) < 4.78 is 26.7. The van der Waals surface area contributed by atoms with E-state index in [-0.39, 0.29) is 16.8 Å². The highest BCUT2D eigenvalue weighted by molar-refractivity contribution is 7.89. The van der Waals surface area contributed by atoms with Crippen LogP contribution in [0.25, 0.3) is 0 Å². The van der Waals surface area contributed by atoms with Gasteiger partial charge >= 0.3 is 0 Å². The first kappa shape index (κ1) is 18.9. The van der Waals surface area contributed by atoms with Crippen LogP contribution in [-0.4, -0.2) is 62.8 Å². The van der Waals surface area contributed by atoms with Crippen LogP contribution in [-0.2, 0) is 10.0 Å². The molecule has 7 heteroatoms. The first-order valence-corrected chi connectivity index (χ1v) is 9.95. The lowest BCUT2D eigenvalue weighted by atomic mass is 10.1. The van der Waals surface area contributed by atoms with E-state index in [0.717, 1.165) is 25.9 Å². The molecule has 1 amide bonds. The van der Waals surface area contributed by atoms with Crippen molar-refractivity contribution in [3.63, 3.8) is 0 Å². The Hall–Kier alpha value is -1.44. The SMILES string of the molecule is CCN(CC)S(=O)(=O)c1cccc(C(=O)N2CCCC2CNC)c1. The molecule has 134 valence electrons. The number of hydrogen-bond donors (Lipinski definition) is 1. The summed E-state index contributed by atoms with van der Waals surface area (Å²) in [6, 6.07) is 6.57. The molecule has 1 aliphatic heterocycles. The van der Waals surface area contributed by atoms with Crippen LogP contribution in [0.2, 0.25) is 0 Å². The number of nitrogens with one attached hydrogen (secondary N) is 1. The van der Waals surface area contributed by atoms with Gasteiger partial charge in [0.1, 0.15) is 0 Å². The van der Waals surface area contributed by atoms with Crippen LogP contribution in [0, 0.1) is 0 Å². The predicted molar refractivity (Wildman–Crippen MR) is 94.5 cm³/mol. The van der Waals surface area contributed by atoms with Crippen LogP contribution < -0.4 is 5.32 Å². The van der Waals surface area contributed by atoms with Gasteiger partial charge in [-0.1, -0.05) is 19.9 Å². The van der Waals surface area contributed by atoms with E-state index in [0.29, 0.717) is 18.7 Å². The van der Waals surface area contributed by atoms with Crippen LogP contribution in [0.15, 0.2) is 29.2 Å². The quantitative estimate of drug-likeness (QED) is 0.807. The van der Waals surface area contributed by atoms with E-state index >= 15 is 0 Å². The van der Waals surface area contributed by atoms with E-state index in [1.807, 2.05) is 25.8 Å². The number of nitrogens with zero attached hydrogens (tertiary/aromatic N) is 2. The van der Waals surface area contributed by atoms with E-state index in [1.54, 1.807) is 18.2 Å². The van der Waals surface area contributed by atoms with Gasteiger partial charge in [-0.2, -0.15) is 4.31 Å². The Bertz CT molecular complexity index is 671. The summed E-state index contributed by atoms with van der Waals surface area (Å²) in [7, 11) is -1.68. The van der Waals surface area contributed by atoms with Crippen molar-refractivity contribution in [1.82, 2.24) is 14.5 Å². The summed E-state index contributed by atoms with van der Waals surface area (Å²) in [4.78, 5) is 14.8. The minimum atomic E-state index is -3.55. The molecule has 1 heterocycles. The maximum absolute atomic E-state index is 12.8. The molecule has 1 aromatic rings. The van der Waals surface area contributed by atoms with Crippen molar-refractivity contribution in [1.29, 1.82) is 0 Å². The highest BCUT2D eigenvalue weighted by Crippen LogP contribution is 2.22. The van der Waals surface area contributed by atoms with Crippen molar-refractivity contribution in [2.24, 2.45) is 0 Å². The largest absolute Gasteiger partial charge is 0.334 e. The second-order valence-corrected chi connectivity index (χ2v) is 7.91. The van der Waals surface area contributed by atoms with E-state index < -0.39 is 10.0 Å². The molecule has 0 aromatic heterocycles. The van der Waals surface area contributed by atoms with Gasteiger partial charge in [-0.05, 0) is 38.1 Å². The molecule has 1 N–H and O–H groups in total. The van der Waals surface area contributed by atoms with Crippen molar-refractivity contribution < 1.29 is 13.2 Å². The smallest absolute Gasteiger partial charge is 0.254 e. The zero-order valence-corrected chi connectivity index (χ0v) is 15.5. The van der Waals surface area contributed by atoms with E-state index in [9.17, 15) is 13.2 Å². The Morgan fingerprint density at radius 1 is 1.33 bits per heavy atom. The van der Waals surface area contributed by atoms with Gasteiger partial charge in [0.25, 0.3) is 5.91 Å². The molecule has 24 heavy (non-hydrogen) atoms. The van der Waals surface area contributed by atoms with Gasteiger partial charge in [0.15, 0.2) is 0 Å². The number of hydrogen-bond acceptors (Lipinski definition) is 4. The fraction of sp³-hybridized carbons (Fsp3) is 0.588. The number of likely N-dealkylation sites (tertiary alicyclic amines) is 1. The number of likely N-dealkylation sites (N-methyl/N-ethyl adjacent to an activating group) is 1. The molecule has 1 atom stereocenters. The molecular formula is C17H27N3O3S. The minimum absolute atomic E-state index is 0.0932. The van der Waals surface area contributed by atoms with Crippen LogP contribution in [0.3, 0.4) is 0 Å². The Labute approximate surface area is 144 Å². The average molecular weight is 353 g/mol. The normalized spacial score (nSPS) is 18.3. The summed E-state index contributed by atoms with van der Waals surface area (Å²) >= 11 is 0. The molecule has 1 aliphatic rings. The third-order valence-electron chi connectivity index (χ3n) is 4.50. The lowest BCUT2D eigenvalue weighted by Gasteiger charge is -2.25. The molecule has 0 aliphatic carbocycles. The Balaban J connectivity index is 2.29. The third-order valence-corrected chi connectivity index (χ3v) is 6.55. The molecule has 0 spiro atoms. The van der Waals surface area contributed by atoms with E-state index in [4.69, 9.17) is 0 Å². The van der Waals surface area contributed by atoms with Crippen molar-refractivity contribution in [3.05, 3.63) is 29.8 Å². The van der Waals surface area contributed by atoms with Gasteiger partial charge in [-0.25, -0.2) is 8.42 Å². The maximum atomic E-state index is 12.8. The molecule has 2 rings (SSSR count). The van der Waals surface area contributed by atoms with Crippen LogP contribution in [0.1, 0.15) is 37.0 Å². The standard InChI is InChI=1S/C17H27N3O3S/c1-4-19(5-2)24(22,23)16-10-6-8-14(12-16)17(21)20-11-7-9-15(20)13-18-3/h6,8,10,12,15,18H,4-5,7,9,11,13H2,1-3H3. The molecule has 1 unspecified atom stereocenters. The third kappa shape index (κ3) is 3.79. The second kappa shape index (κ2) is 8.09. The first-order valence-electron chi connectivity index (χ1n) is 8.51. The number of carbonyl (C=O) groups excluding carboxylic acids is 1. The van der Waals surface area contributed by atoms with Crippen molar-refractivity contribution in [2.75, 3.05) is 33.2 Å². The zero-order chi connectivity index (χ0) is 17.7. The number of sulfonamides is 1. The average Bonchev–Trinajstić information content (AvgIpc) is 3.04. The van der Waals surface area contributed by atoms with Gasteiger partial charge < -0.3 is 10.2 Å². The van der Waals surface area contributed by atoms with Gasteiger partial charge in [0.2, 0.25) is 10.0 Å². The summed E-state index contributed by atoms with van der Waals surface area (Å²) in [6.45, 7) is 5.91. The highest BCUT2D eigenvalue weighted by atomic mass is 32.2. The van der Waals surface area contributed by atoms with Gasteiger partial charge in [-0.3, -0.25) is 4.79 Å². The van der Waals surface area contributed by atoms with Gasteiger partial charge in [0, 0.05) is 37.8 Å². The molecular weight excluding hydrogens is 326 g/mol. The van der Waals surface area contributed by atoms with Crippen molar-refractivity contribution in [2.45, 2.75) is 37.6 Å². The molecule has 1 fully saturated rings. The lowest BCUT2D eigenvalue weighted by Crippen LogP contribution is -2.40. The van der Waals surface area contributed by atoms with Gasteiger partial charge in [0.05, 0.1) is 4.90 Å². The molecule has 1 aromatic carbocycles. The lowest BCUT2D eigenvalue weighted by molar-refractivity contribution is 0.0737. The van der Waals surface area contributed by atoms with Crippen LogP contribution in [0.4, 0.5) is 0 Å².